The van der Waals surface area contributed by atoms with E-state index < -0.39 is 11.6 Å². The van der Waals surface area contributed by atoms with Crippen molar-refractivity contribution in [2.45, 2.75) is 31.3 Å². The van der Waals surface area contributed by atoms with E-state index >= 15 is 0 Å². The van der Waals surface area contributed by atoms with Crippen LogP contribution >= 0.6 is 0 Å². The first-order valence-corrected chi connectivity index (χ1v) is 8.19. The van der Waals surface area contributed by atoms with E-state index in [1.807, 2.05) is 6.07 Å². The summed E-state index contributed by atoms with van der Waals surface area (Å²) in [6.07, 6.45) is 1.85. The molecular formula is C17H19NO6. The topological polar surface area (TPSA) is 85.3 Å². The smallest absolute Gasteiger partial charge is 0.415 e. The molecule has 128 valence electrons. The summed E-state index contributed by atoms with van der Waals surface area (Å²) < 4.78 is 16.7. The zero-order valence-electron chi connectivity index (χ0n) is 13.2. The third kappa shape index (κ3) is 2.53. The van der Waals surface area contributed by atoms with Crippen molar-refractivity contribution in [2.24, 2.45) is 5.92 Å². The van der Waals surface area contributed by atoms with Crippen molar-refractivity contribution in [1.29, 1.82) is 0 Å². The van der Waals surface area contributed by atoms with Gasteiger partial charge in [0.1, 0.15) is 18.8 Å². The van der Waals surface area contributed by atoms with Crippen LogP contribution in [0.5, 0.6) is 11.5 Å². The summed E-state index contributed by atoms with van der Waals surface area (Å²) in [5.74, 6) is 0.201. The maximum absolute atomic E-state index is 12.3. The highest BCUT2D eigenvalue weighted by atomic mass is 16.6. The van der Waals surface area contributed by atoms with Crippen molar-refractivity contribution in [2.75, 3.05) is 24.7 Å². The van der Waals surface area contributed by atoms with Gasteiger partial charge in [0.25, 0.3) is 0 Å². The second kappa shape index (κ2) is 5.58. The van der Waals surface area contributed by atoms with Crippen molar-refractivity contribution >= 4 is 17.7 Å². The average molecular weight is 333 g/mol. The maximum Gasteiger partial charge on any atom is 0.415 e. The van der Waals surface area contributed by atoms with E-state index in [0.29, 0.717) is 62.6 Å². The third-order valence-corrected chi connectivity index (χ3v) is 5.05. The fraction of sp³-hybridized carbons (Fsp3) is 0.529. The second-order valence-electron chi connectivity index (χ2n) is 6.58. The molecule has 0 unspecified atom stereocenters. The molecule has 1 spiro atoms. The van der Waals surface area contributed by atoms with Gasteiger partial charge in [-0.25, -0.2) is 4.79 Å². The standard InChI is InChI=1S/C17H19NO6/c19-15(20)11-3-5-17(6-4-11)10-18(16(21)24-17)12-1-2-13-14(9-12)23-8-7-22-13/h1-2,9,11H,3-8,10H2,(H,19,20)/t11-,17-. The number of benzene rings is 1. The SMILES string of the molecule is O=C1O[C@]2(CC[C@H](C(=O)O)CC2)CN1c1ccc2c(c1)OCCO2. The summed E-state index contributed by atoms with van der Waals surface area (Å²) in [7, 11) is 0. The minimum atomic E-state index is -0.766. The van der Waals surface area contributed by atoms with Gasteiger partial charge in [-0.1, -0.05) is 0 Å². The number of ether oxygens (including phenoxy) is 3. The number of anilines is 1. The minimum Gasteiger partial charge on any atom is -0.486 e. The molecule has 4 rings (SSSR count). The largest absolute Gasteiger partial charge is 0.486 e. The van der Waals surface area contributed by atoms with Crippen molar-refractivity contribution in [1.82, 2.24) is 0 Å². The fourth-order valence-corrected chi connectivity index (χ4v) is 3.67. The molecule has 1 aromatic carbocycles. The highest BCUT2D eigenvalue weighted by Crippen LogP contribution is 2.42. The number of hydrogen-bond acceptors (Lipinski definition) is 5. The summed E-state index contributed by atoms with van der Waals surface area (Å²) >= 11 is 0. The quantitative estimate of drug-likeness (QED) is 0.895. The van der Waals surface area contributed by atoms with Gasteiger partial charge in [0, 0.05) is 6.07 Å². The van der Waals surface area contributed by atoms with E-state index in [9.17, 15) is 9.59 Å². The van der Waals surface area contributed by atoms with Gasteiger partial charge in [-0.15, -0.1) is 0 Å². The van der Waals surface area contributed by atoms with Gasteiger partial charge in [0.2, 0.25) is 0 Å². The Morgan fingerprint density at radius 1 is 1.17 bits per heavy atom. The molecule has 1 aliphatic carbocycles. The van der Waals surface area contributed by atoms with E-state index in [4.69, 9.17) is 19.3 Å². The van der Waals surface area contributed by atoms with E-state index in [0.717, 1.165) is 0 Å². The van der Waals surface area contributed by atoms with Crippen molar-refractivity contribution < 1.29 is 28.9 Å². The number of carbonyl (C=O) groups is 2. The van der Waals surface area contributed by atoms with E-state index in [1.165, 1.54) is 0 Å². The first kappa shape index (κ1) is 15.1. The molecule has 2 heterocycles. The molecule has 0 atom stereocenters. The number of fused-ring (bicyclic) bond motifs is 1. The van der Waals surface area contributed by atoms with Gasteiger partial charge >= 0.3 is 12.1 Å². The Morgan fingerprint density at radius 3 is 2.58 bits per heavy atom. The van der Waals surface area contributed by atoms with Gasteiger partial charge < -0.3 is 19.3 Å². The lowest BCUT2D eigenvalue weighted by Crippen LogP contribution is -2.40. The minimum absolute atomic E-state index is 0.335. The molecule has 1 saturated carbocycles. The van der Waals surface area contributed by atoms with Crippen LogP contribution in [0.4, 0.5) is 10.5 Å². The van der Waals surface area contributed by atoms with Crippen LogP contribution in [0.15, 0.2) is 18.2 Å². The summed E-state index contributed by atoms with van der Waals surface area (Å²) in [6, 6.07) is 5.40. The molecule has 0 aromatic heterocycles. The lowest BCUT2D eigenvalue weighted by Gasteiger charge is -2.33. The first-order chi connectivity index (χ1) is 11.6. The summed E-state index contributed by atoms with van der Waals surface area (Å²) in [6.45, 7) is 1.45. The van der Waals surface area contributed by atoms with Crippen molar-refractivity contribution in [3.05, 3.63) is 18.2 Å². The number of carboxylic acid groups (broad SMARTS) is 1. The zero-order valence-corrected chi connectivity index (χ0v) is 13.2. The predicted octanol–water partition coefficient (Wildman–Crippen LogP) is 2.43. The number of rotatable bonds is 2. The van der Waals surface area contributed by atoms with Gasteiger partial charge in [0.05, 0.1) is 18.2 Å². The highest BCUT2D eigenvalue weighted by molar-refractivity contribution is 5.90. The monoisotopic (exact) mass is 333 g/mol. The van der Waals surface area contributed by atoms with Gasteiger partial charge in [-0.05, 0) is 37.8 Å². The Kier molecular flexibility index (Phi) is 3.51. The van der Waals surface area contributed by atoms with Gasteiger partial charge in [0.15, 0.2) is 11.5 Å². The molecule has 2 aliphatic heterocycles. The molecule has 7 nitrogen and oxygen atoms in total. The third-order valence-electron chi connectivity index (χ3n) is 5.05. The Bertz CT molecular complexity index is 680. The van der Waals surface area contributed by atoms with Crippen LogP contribution in [0.3, 0.4) is 0 Å². The van der Waals surface area contributed by atoms with E-state index in [-0.39, 0.29) is 12.0 Å². The van der Waals surface area contributed by atoms with Crippen molar-refractivity contribution in [3.8, 4) is 11.5 Å². The maximum atomic E-state index is 12.3. The summed E-state index contributed by atoms with van der Waals surface area (Å²) in [5, 5.41) is 9.12. The number of aliphatic carboxylic acids is 1. The lowest BCUT2D eigenvalue weighted by atomic mass is 9.79. The average Bonchev–Trinajstić information content (AvgIpc) is 2.91. The number of carbonyl (C=O) groups excluding carboxylic acids is 1. The molecule has 0 radical (unpaired) electrons. The Morgan fingerprint density at radius 2 is 1.88 bits per heavy atom. The first-order valence-electron chi connectivity index (χ1n) is 8.19. The van der Waals surface area contributed by atoms with Crippen molar-refractivity contribution in [3.63, 3.8) is 0 Å². The molecule has 3 aliphatic rings. The molecule has 2 fully saturated rings. The van der Waals surface area contributed by atoms with Crippen LogP contribution in [0.25, 0.3) is 0 Å². The van der Waals surface area contributed by atoms with Crippen LogP contribution in [0.1, 0.15) is 25.7 Å². The summed E-state index contributed by atoms with van der Waals surface area (Å²) in [5.41, 5.74) is 0.137. The van der Waals surface area contributed by atoms with Crippen LogP contribution in [-0.4, -0.2) is 42.5 Å². The molecule has 1 aromatic rings. The zero-order chi connectivity index (χ0) is 16.7. The molecular weight excluding hydrogens is 314 g/mol. The molecule has 1 saturated heterocycles. The molecule has 7 heteroatoms. The normalized spacial score (nSPS) is 28.8. The number of nitrogens with zero attached hydrogens (tertiary/aromatic N) is 1. The number of hydrogen-bond donors (Lipinski definition) is 1. The summed E-state index contributed by atoms with van der Waals surface area (Å²) in [4.78, 5) is 25.0. The molecule has 24 heavy (non-hydrogen) atoms. The lowest BCUT2D eigenvalue weighted by molar-refractivity contribution is -0.144. The molecule has 0 bridgehead atoms. The molecule has 1 amide bonds. The number of carboxylic acids is 1. The van der Waals surface area contributed by atoms with Crippen LogP contribution < -0.4 is 14.4 Å². The Labute approximate surface area is 139 Å². The fourth-order valence-electron chi connectivity index (χ4n) is 3.67. The Balaban J connectivity index is 1.52. The van der Waals surface area contributed by atoms with E-state index in [1.54, 1.807) is 17.0 Å². The van der Waals surface area contributed by atoms with Crippen LogP contribution in [-0.2, 0) is 9.53 Å². The second-order valence-corrected chi connectivity index (χ2v) is 6.58. The van der Waals surface area contributed by atoms with Gasteiger partial charge in [-0.3, -0.25) is 9.69 Å². The van der Waals surface area contributed by atoms with E-state index in [2.05, 4.69) is 0 Å². The predicted molar refractivity (Wildman–Crippen MR) is 83.6 cm³/mol. The van der Waals surface area contributed by atoms with Crippen LogP contribution in [0, 0.1) is 5.92 Å². The van der Waals surface area contributed by atoms with Crippen LogP contribution in [0.2, 0.25) is 0 Å². The highest BCUT2D eigenvalue weighted by Gasteiger charge is 2.48. The number of amides is 1. The van der Waals surface area contributed by atoms with Gasteiger partial charge in [-0.2, -0.15) is 0 Å². The Hall–Kier alpha value is -2.44. The molecule has 1 N–H and O–H groups in total.